The van der Waals surface area contributed by atoms with Crippen molar-refractivity contribution in [3.63, 3.8) is 0 Å². The van der Waals surface area contributed by atoms with E-state index in [-0.39, 0.29) is 5.41 Å². The maximum Gasteiger partial charge on any atom is 0.0159 e. The van der Waals surface area contributed by atoms with Gasteiger partial charge in [0.2, 0.25) is 0 Å². The highest BCUT2D eigenvalue weighted by Crippen LogP contribution is 2.51. The Bertz CT molecular complexity index is 820. The Morgan fingerprint density at radius 3 is 2.35 bits per heavy atom. The van der Waals surface area contributed by atoms with Crippen LogP contribution in [0, 0.1) is 0 Å². The number of hydrogen-bond donors (Lipinski definition) is 0. The molecule has 2 aromatic rings. The average molecular weight is 412 g/mol. The van der Waals surface area contributed by atoms with Crippen LogP contribution in [0.4, 0.5) is 0 Å². The van der Waals surface area contributed by atoms with Gasteiger partial charge in [-0.1, -0.05) is 69.0 Å². The van der Waals surface area contributed by atoms with Crippen molar-refractivity contribution in [3.8, 4) is 11.1 Å². The van der Waals surface area contributed by atoms with Crippen LogP contribution >= 0.6 is 22.6 Å². The van der Waals surface area contributed by atoms with Gasteiger partial charge in [0.1, 0.15) is 0 Å². The minimum atomic E-state index is -0.00389. The predicted molar refractivity (Wildman–Crippen MR) is 110 cm³/mol. The first kappa shape index (κ1) is 16.3. The molecule has 1 aliphatic carbocycles. The lowest BCUT2D eigenvalue weighted by Crippen LogP contribution is -2.15. The standard InChI is InChI=1S/C22H21I/c1-5-18-19-12-11-17(16-9-7-6-8-10-16)14-21(19)22(3,4)20(18)13-15(2)23/h5-14H,2H2,1,3-4H3/b18-5-,20-13?. The number of halogens is 1. The number of benzene rings is 2. The van der Waals surface area contributed by atoms with E-state index < -0.39 is 0 Å². The third kappa shape index (κ3) is 2.83. The summed E-state index contributed by atoms with van der Waals surface area (Å²) >= 11 is 2.29. The van der Waals surface area contributed by atoms with Crippen LogP contribution in [0.5, 0.6) is 0 Å². The van der Waals surface area contributed by atoms with E-state index in [4.69, 9.17) is 0 Å². The second-order valence-electron chi connectivity index (χ2n) is 6.46. The number of rotatable bonds is 2. The Morgan fingerprint density at radius 1 is 1.04 bits per heavy atom. The molecule has 0 N–H and O–H groups in total. The van der Waals surface area contributed by atoms with Crippen LogP contribution in [0.3, 0.4) is 0 Å². The topological polar surface area (TPSA) is 0 Å². The molecule has 0 unspecified atom stereocenters. The highest BCUT2D eigenvalue weighted by atomic mass is 127. The van der Waals surface area contributed by atoms with Crippen molar-refractivity contribution in [2.75, 3.05) is 0 Å². The summed E-state index contributed by atoms with van der Waals surface area (Å²) in [6, 6.07) is 17.4. The van der Waals surface area contributed by atoms with Crippen LogP contribution < -0.4 is 0 Å². The zero-order chi connectivity index (χ0) is 16.6. The molecule has 0 fully saturated rings. The van der Waals surface area contributed by atoms with Crippen molar-refractivity contribution < 1.29 is 0 Å². The average Bonchev–Trinajstić information content (AvgIpc) is 2.75. The summed E-state index contributed by atoms with van der Waals surface area (Å²) in [5.41, 5.74) is 7.99. The Labute approximate surface area is 152 Å². The normalized spacial score (nSPS) is 19.1. The van der Waals surface area contributed by atoms with Gasteiger partial charge in [-0.2, -0.15) is 0 Å². The van der Waals surface area contributed by atoms with Gasteiger partial charge in [-0.3, -0.25) is 0 Å². The van der Waals surface area contributed by atoms with Gasteiger partial charge in [0.05, 0.1) is 0 Å². The van der Waals surface area contributed by atoms with Gasteiger partial charge < -0.3 is 0 Å². The van der Waals surface area contributed by atoms with Crippen LogP contribution in [0.25, 0.3) is 16.7 Å². The van der Waals surface area contributed by atoms with Crippen molar-refractivity contribution in [2.45, 2.75) is 26.2 Å². The highest BCUT2D eigenvalue weighted by Gasteiger charge is 2.37. The molecule has 0 aromatic heterocycles. The minimum Gasteiger partial charge on any atom is -0.0856 e. The number of fused-ring (bicyclic) bond motifs is 1. The summed E-state index contributed by atoms with van der Waals surface area (Å²) in [5, 5.41) is 0. The zero-order valence-corrected chi connectivity index (χ0v) is 16.0. The highest BCUT2D eigenvalue weighted by molar-refractivity contribution is 14.1. The lowest BCUT2D eigenvalue weighted by atomic mass is 9.81. The maximum absolute atomic E-state index is 4.06. The molecule has 0 radical (unpaired) electrons. The van der Waals surface area contributed by atoms with Gasteiger partial charge in [-0.15, -0.1) is 0 Å². The van der Waals surface area contributed by atoms with E-state index in [1.807, 2.05) is 0 Å². The molecule has 1 heteroatoms. The van der Waals surface area contributed by atoms with Crippen molar-refractivity contribution in [1.29, 1.82) is 0 Å². The lowest BCUT2D eigenvalue weighted by molar-refractivity contribution is 0.661. The van der Waals surface area contributed by atoms with E-state index >= 15 is 0 Å². The molecule has 0 heterocycles. The van der Waals surface area contributed by atoms with Crippen molar-refractivity contribution in [3.05, 3.63) is 87.5 Å². The van der Waals surface area contributed by atoms with Gasteiger partial charge >= 0.3 is 0 Å². The molecule has 0 nitrogen and oxygen atoms in total. The molecular formula is C22H21I. The summed E-state index contributed by atoms with van der Waals surface area (Å²) in [6.07, 6.45) is 4.44. The molecule has 0 bridgehead atoms. The summed E-state index contributed by atoms with van der Waals surface area (Å²) in [6.45, 7) is 10.8. The largest absolute Gasteiger partial charge is 0.0856 e. The quantitative estimate of drug-likeness (QED) is 0.470. The van der Waals surface area contributed by atoms with Gasteiger partial charge in [0.25, 0.3) is 0 Å². The first-order valence-electron chi connectivity index (χ1n) is 7.88. The van der Waals surface area contributed by atoms with Crippen LogP contribution in [0.15, 0.2) is 76.4 Å². The molecule has 2 aromatic carbocycles. The zero-order valence-electron chi connectivity index (χ0n) is 13.9. The molecule has 0 amide bonds. The first-order chi connectivity index (χ1) is 10.9. The molecule has 0 saturated carbocycles. The summed E-state index contributed by atoms with van der Waals surface area (Å²) in [7, 11) is 0. The van der Waals surface area contributed by atoms with E-state index in [0.29, 0.717) is 0 Å². The fourth-order valence-corrected chi connectivity index (χ4v) is 3.77. The molecule has 0 spiro atoms. The van der Waals surface area contributed by atoms with Crippen LogP contribution in [0.1, 0.15) is 31.9 Å². The third-order valence-corrected chi connectivity index (χ3v) is 4.95. The molecule has 1 aliphatic rings. The smallest absolute Gasteiger partial charge is 0.0159 e. The fourth-order valence-electron chi connectivity index (χ4n) is 3.46. The van der Waals surface area contributed by atoms with Crippen LogP contribution in [0.2, 0.25) is 0 Å². The Balaban J connectivity index is 2.21. The molecular weight excluding hydrogens is 391 g/mol. The molecule has 0 aliphatic heterocycles. The van der Waals surface area contributed by atoms with E-state index in [9.17, 15) is 0 Å². The molecule has 23 heavy (non-hydrogen) atoms. The van der Waals surface area contributed by atoms with Crippen molar-refractivity contribution in [2.24, 2.45) is 0 Å². The molecule has 0 atom stereocenters. The predicted octanol–water partition coefficient (Wildman–Crippen LogP) is 6.92. The first-order valence-corrected chi connectivity index (χ1v) is 8.96. The van der Waals surface area contributed by atoms with Gasteiger partial charge in [0, 0.05) is 8.99 Å². The maximum atomic E-state index is 4.06. The monoisotopic (exact) mass is 412 g/mol. The van der Waals surface area contributed by atoms with E-state index in [1.165, 1.54) is 33.4 Å². The second kappa shape index (κ2) is 6.12. The Morgan fingerprint density at radius 2 is 1.74 bits per heavy atom. The van der Waals surface area contributed by atoms with Crippen LogP contribution in [-0.2, 0) is 5.41 Å². The molecule has 0 saturated heterocycles. The second-order valence-corrected chi connectivity index (χ2v) is 7.84. The SMILES string of the molecule is C=C(I)C=C1/C(=C\C)c2ccc(-c3ccccc3)cc2C1(C)C. The summed E-state index contributed by atoms with van der Waals surface area (Å²) in [5.74, 6) is 0. The van der Waals surface area contributed by atoms with Crippen molar-refractivity contribution >= 4 is 28.2 Å². The minimum absolute atomic E-state index is 0.00389. The molecule has 3 rings (SSSR count). The third-order valence-electron chi connectivity index (χ3n) is 4.64. The lowest BCUT2D eigenvalue weighted by Gasteiger charge is -2.22. The number of hydrogen-bond acceptors (Lipinski definition) is 0. The Kier molecular flexibility index (Phi) is 4.33. The Hall–Kier alpha value is -1.61. The van der Waals surface area contributed by atoms with Gasteiger partial charge in [0.15, 0.2) is 0 Å². The number of allylic oxidation sites excluding steroid dienone is 5. The van der Waals surface area contributed by atoms with Gasteiger partial charge in [-0.25, -0.2) is 0 Å². The summed E-state index contributed by atoms with van der Waals surface area (Å²) < 4.78 is 1.07. The fraction of sp³-hybridized carbons (Fsp3) is 0.182. The summed E-state index contributed by atoms with van der Waals surface area (Å²) in [4.78, 5) is 0. The van der Waals surface area contributed by atoms with Gasteiger partial charge in [-0.05, 0) is 75.1 Å². The van der Waals surface area contributed by atoms with E-state index in [2.05, 4.69) is 111 Å². The van der Waals surface area contributed by atoms with E-state index in [1.54, 1.807) is 0 Å². The van der Waals surface area contributed by atoms with Crippen molar-refractivity contribution in [1.82, 2.24) is 0 Å². The van der Waals surface area contributed by atoms with E-state index in [0.717, 1.165) is 3.58 Å². The van der Waals surface area contributed by atoms with Crippen LogP contribution in [-0.4, -0.2) is 0 Å². The molecule has 116 valence electrons.